The van der Waals surface area contributed by atoms with E-state index in [-0.39, 0.29) is 0 Å². The van der Waals surface area contributed by atoms with Crippen LogP contribution in [0.1, 0.15) is 22.3 Å². The second-order valence-corrected chi connectivity index (χ2v) is 16.0. The van der Waals surface area contributed by atoms with Crippen molar-refractivity contribution in [3.05, 3.63) is 253 Å². The molecule has 11 aromatic rings. The maximum absolute atomic E-state index is 5.33. The summed E-state index contributed by atoms with van der Waals surface area (Å²) in [7, 11) is 0. The maximum Gasteiger partial charge on any atom is 0.160 e. The minimum atomic E-state index is -0.571. The first-order valence-corrected chi connectivity index (χ1v) is 21.0. The number of rotatable bonds is 6. The number of aromatic nitrogens is 2. The zero-order chi connectivity index (χ0) is 40.3. The van der Waals surface area contributed by atoms with Gasteiger partial charge in [-0.15, -0.1) is 0 Å². The van der Waals surface area contributed by atoms with Gasteiger partial charge in [0.15, 0.2) is 5.82 Å². The van der Waals surface area contributed by atoms with Crippen molar-refractivity contribution in [2.75, 3.05) is 0 Å². The predicted molar refractivity (Wildman–Crippen MR) is 254 cm³/mol. The van der Waals surface area contributed by atoms with E-state index in [0.29, 0.717) is 5.82 Å². The molecule has 0 saturated carbocycles. The van der Waals surface area contributed by atoms with Crippen LogP contribution >= 0.6 is 0 Å². The van der Waals surface area contributed by atoms with Crippen molar-refractivity contribution in [1.29, 1.82) is 0 Å². The molecule has 10 aromatic carbocycles. The zero-order valence-corrected chi connectivity index (χ0v) is 33.3. The van der Waals surface area contributed by atoms with Crippen LogP contribution in [0.15, 0.2) is 231 Å². The number of fused-ring (bicyclic) bond motifs is 6. The van der Waals surface area contributed by atoms with Gasteiger partial charge in [-0.2, -0.15) is 0 Å². The summed E-state index contributed by atoms with van der Waals surface area (Å²) < 4.78 is 0. The summed E-state index contributed by atoms with van der Waals surface area (Å²) in [5.74, 6) is 0.704. The van der Waals surface area contributed by atoms with Crippen molar-refractivity contribution in [3.8, 4) is 56.2 Å². The monoisotopic (exact) mass is 774 g/mol. The van der Waals surface area contributed by atoms with Crippen LogP contribution < -0.4 is 0 Å². The number of hydrogen-bond acceptors (Lipinski definition) is 2. The van der Waals surface area contributed by atoms with Crippen LogP contribution in [-0.2, 0) is 5.41 Å². The fraction of sp³-hybridized carbons (Fsp3) is 0.0169. The Balaban J connectivity index is 1.13. The summed E-state index contributed by atoms with van der Waals surface area (Å²) >= 11 is 0. The Morgan fingerprint density at radius 2 is 0.754 bits per heavy atom. The van der Waals surface area contributed by atoms with Crippen LogP contribution in [0.5, 0.6) is 0 Å². The lowest BCUT2D eigenvalue weighted by Crippen LogP contribution is -2.29. The van der Waals surface area contributed by atoms with Crippen molar-refractivity contribution in [1.82, 2.24) is 9.97 Å². The first-order chi connectivity index (χ1) is 30.3. The van der Waals surface area contributed by atoms with Gasteiger partial charge in [0.25, 0.3) is 0 Å². The highest BCUT2D eigenvalue weighted by Crippen LogP contribution is 2.60. The van der Waals surface area contributed by atoms with E-state index < -0.39 is 5.41 Å². The van der Waals surface area contributed by atoms with Crippen LogP contribution in [0.3, 0.4) is 0 Å². The van der Waals surface area contributed by atoms with E-state index in [0.717, 1.165) is 33.5 Å². The predicted octanol–water partition coefficient (Wildman–Crippen LogP) is 15.0. The van der Waals surface area contributed by atoms with Crippen molar-refractivity contribution in [2.24, 2.45) is 0 Å². The molecule has 2 heteroatoms. The zero-order valence-electron chi connectivity index (χ0n) is 33.3. The molecule has 1 heterocycles. The Labute approximate surface area is 355 Å². The third-order valence-corrected chi connectivity index (χ3v) is 12.7. The Hall–Kier alpha value is -7.94. The van der Waals surface area contributed by atoms with E-state index in [1.807, 2.05) is 6.07 Å². The quantitative estimate of drug-likeness (QED) is 0.168. The maximum atomic E-state index is 5.33. The minimum absolute atomic E-state index is 0.571. The van der Waals surface area contributed by atoms with Gasteiger partial charge in [0.05, 0.1) is 16.8 Å². The SMILES string of the molecule is c1ccc(-c2nc(-c3cccc4ccccc34)cc(-c3ccc(-c4cccc5c4C(c4ccccc4)(c4ccccc4)c4cc6ccccc6cc4-5)c4ccccc34)n2)cc1. The second-order valence-electron chi connectivity index (χ2n) is 16.0. The molecule has 0 aliphatic heterocycles. The van der Waals surface area contributed by atoms with E-state index in [1.54, 1.807) is 0 Å². The molecule has 0 bridgehead atoms. The first kappa shape index (κ1) is 35.0. The van der Waals surface area contributed by atoms with Crippen LogP contribution in [0.25, 0.3) is 88.5 Å². The topological polar surface area (TPSA) is 25.8 Å². The van der Waals surface area contributed by atoms with Crippen LogP contribution in [0.4, 0.5) is 0 Å². The summed E-state index contributed by atoms with van der Waals surface area (Å²) in [6.45, 7) is 0. The van der Waals surface area contributed by atoms with Gasteiger partial charge in [-0.05, 0) is 95.0 Å². The van der Waals surface area contributed by atoms with E-state index in [1.165, 1.54) is 71.4 Å². The van der Waals surface area contributed by atoms with E-state index >= 15 is 0 Å². The Bertz CT molecular complexity index is 3420. The molecule has 0 atom stereocenters. The largest absolute Gasteiger partial charge is 0.228 e. The molecule has 1 aliphatic rings. The molecule has 12 rings (SSSR count). The first-order valence-electron chi connectivity index (χ1n) is 21.0. The van der Waals surface area contributed by atoms with Crippen LogP contribution in [-0.4, -0.2) is 9.97 Å². The molecule has 0 spiro atoms. The lowest BCUT2D eigenvalue weighted by atomic mass is 9.66. The van der Waals surface area contributed by atoms with Crippen molar-refractivity contribution >= 4 is 32.3 Å². The molecule has 284 valence electrons. The summed E-state index contributed by atoms with van der Waals surface area (Å²) in [5.41, 5.74) is 14.4. The Kier molecular flexibility index (Phi) is 8.11. The molecule has 0 radical (unpaired) electrons. The number of nitrogens with zero attached hydrogens (tertiary/aromatic N) is 2. The average molecular weight is 775 g/mol. The number of benzene rings is 10. The van der Waals surface area contributed by atoms with Crippen molar-refractivity contribution < 1.29 is 0 Å². The third kappa shape index (κ3) is 5.50. The summed E-state index contributed by atoms with van der Waals surface area (Å²) in [6.07, 6.45) is 0. The summed E-state index contributed by atoms with van der Waals surface area (Å²) in [6, 6.07) is 83.7. The molecule has 0 unspecified atom stereocenters. The fourth-order valence-electron chi connectivity index (χ4n) is 10.1. The third-order valence-electron chi connectivity index (χ3n) is 12.7. The average Bonchev–Trinajstić information content (AvgIpc) is 3.63. The van der Waals surface area contributed by atoms with Crippen molar-refractivity contribution in [3.63, 3.8) is 0 Å². The summed E-state index contributed by atoms with van der Waals surface area (Å²) in [5, 5.41) is 7.16. The van der Waals surface area contributed by atoms with Gasteiger partial charge in [-0.25, -0.2) is 9.97 Å². The van der Waals surface area contributed by atoms with Gasteiger partial charge in [0, 0.05) is 16.7 Å². The van der Waals surface area contributed by atoms with Crippen molar-refractivity contribution in [2.45, 2.75) is 5.41 Å². The fourth-order valence-corrected chi connectivity index (χ4v) is 10.1. The lowest BCUT2D eigenvalue weighted by Gasteiger charge is -2.35. The Morgan fingerprint density at radius 1 is 0.295 bits per heavy atom. The van der Waals surface area contributed by atoms with Gasteiger partial charge in [0.1, 0.15) is 0 Å². The molecule has 0 fully saturated rings. The van der Waals surface area contributed by atoms with E-state index in [4.69, 9.17) is 9.97 Å². The smallest absolute Gasteiger partial charge is 0.160 e. The summed E-state index contributed by atoms with van der Waals surface area (Å²) in [4.78, 5) is 10.6. The standard InChI is InChI=1S/C59H38N2/c1-4-19-40(20-5-1)58-60-55(49-31-16-23-39-18-12-13-28-45(39)49)38-56(61-58)50-35-34-48(46-29-14-15-30-47(46)50)51-32-17-33-52-53-36-41-21-10-11-22-42(41)37-54(53)59(57(51)52,43-24-6-2-7-25-43)44-26-8-3-9-27-44/h1-38H. The van der Waals surface area contributed by atoms with Crippen LogP contribution in [0, 0.1) is 0 Å². The van der Waals surface area contributed by atoms with Crippen LogP contribution in [0.2, 0.25) is 0 Å². The normalized spacial score (nSPS) is 12.7. The van der Waals surface area contributed by atoms with E-state index in [9.17, 15) is 0 Å². The van der Waals surface area contributed by atoms with Gasteiger partial charge in [-0.3, -0.25) is 0 Å². The molecule has 0 saturated heterocycles. The van der Waals surface area contributed by atoms with Gasteiger partial charge in [-0.1, -0.05) is 212 Å². The highest BCUT2D eigenvalue weighted by Gasteiger charge is 2.48. The molecule has 0 amide bonds. The molecule has 2 nitrogen and oxygen atoms in total. The van der Waals surface area contributed by atoms with Gasteiger partial charge < -0.3 is 0 Å². The second kappa shape index (κ2) is 14.1. The minimum Gasteiger partial charge on any atom is -0.228 e. The van der Waals surface area contributed by atoms with E-state index in [2.05, 4.69) is 224 Å². The molecular formula is C59H38N2. The van der Waals surface area contributed by atoms with Gasteiger partial charge in [0.2, 0.25) is 0 Å². The molecule has 1 aliphatic carbocycles. The lowest BCUT2D eigenvalue weighted by molar-refractivity contribution is 0.771. The molecule has 0 N–H and O–H groups in total. The highest BCUT2D eigenvalue weighted by molar-refractivity contribution is 6.08. The number of hydrogen-bond donors (Lipinski definition) is 0. The highest BCUT2D eigenvalue weighted by atomic mass is 14.9. The van der Waals surface area contributed by atoms with Gasteiger partial charge >= 0.3 is 0 Å². The molecular weight excluding hydrogens is 737 g/mol. The Morgan fingerprint density at radius 3 is 1.43 bits per heavy atom. The molecule has 61 heavy (non-hydrogen) atoms. The molecule has 1 aromatic heterocycles.